The van der Waals surface area contributed by atoms with Gasteiger partial charge < -0.3 is 4.52 Å². The third kappa shape index (κ3) is 3.28. The van der Waals surface area contributed by atoms with Gasteiger partial charge in [0.2, 0.25) is 10.0 Å². The van der Waals surface area contributed by atoms with Crippen LogP contribution in [0.1, 0.15) is 37.1 Å². The summed E-state index contributed by atoms with van der Waals surface area (Å²) >= 11 is 0. The first-order valence-corrected chi connectivity index (χ1v) is 9.33. The van der Waals surface area contributed by atoms with Crippen molar-refractivity contribution in [3.8, 4) is 11.3 Å². The fraction of sp³-hybridized carbons (Fsp3) is 0.533. The van der Waals surface area contributed by atoms with E-state index in [1.165, 1.54) is 6.33 Å². The summed E-state index contributed by atoms with van der Waals surface area (Å²) in [5.74, 6) is 0.997. The zero-order chi connectivity index (χ0) is 16.4. The number of hydrogen-bond acceptors (Lipinski definition) is 6. The number of aromatic nitrogens is 3. The van der Waals surface area contributed by atoms with Crippen molar-refractivity contribution < 1.29 is 12.9 Å². The van der Waals surface area contributed by atoms with Crippen LogP contribution in [0.25, 0.3) is 11.3 Å². The lowest BCUT2D eigenvalue weighted by atomic mass is 9.91. The Labute approximate surface area is 135 Å². The van der Waals surface area contributed by atoms with Gasteiger partial charge in [-0.25, -0.2) is 22.7 Å². The summed E-state index contributed by atoms with van der Waals surface area (Å²) in [4.78, 5) is 8.52. The predicted octanol–water partition coefficient (Wildman–Crippen LogP) is 1.97. The van der Waals surface area contributed by atoms with Crippen LogP contribution in [0.2, 0.25) is 0 Å². The molecule has 1 aliphatic rings. The largest absolute Gasteiger partial charge is 0.356 e. The molecule has 124 valence electrons. The molecule has 0 spiro atoms. The highest BCUT2D eigenvalue weighted by Crippen LogP contribution is 2.34. The molecule has 0 N–H and O–H groups in total. The van der Waals surface area contributed by atoms with E-state index < -0.39 is 10.0 Å². The standard InChI is InChI=1S/C15H20N4O3S/c1-3-23(20,21)19-6-4-12(5-7-19)15-13(9-16-10-17-15)14-8-11(2)18-22-14/h8-10,12H,3-7H2,1-2H3. The maximum atomic E-state index is 12.0. The smallest absolute Gasteiger partial charge is 0.213 e. The monoisotopic (exact) mass is 336 g/mol. The topological polar surface area (TPSA) is 89.2 Å². The van der Waals surface area contributed by atoms with Crippen molar-refractivity contribution in [2.75, 3.05) is 18.8 Å². The molecular weight excluding hydrogens is 316 g/mol. The van der Waals surface area contributed by atoms with E-state index in [1.807, 2.05) is 13.0 Å². The minimum atomic E-state index is -3.11. The zero-order valence-electron chi connectivity index (χ0n) is 13.3. The molecule has 0 amide bonds. The fourth-order valence-electron chi connectivity index (χ4n) is 2.93. The number of hydrogen-bond donors (Lipinski definition) is 0. The molecule has 7 nitrogen and oxygen atoms in total. The maximum Gasteiger partial charge on any atom is 0.213 e. The summed E-state index contributed by atoms with van der Waals surface area (Å²) in [6.45, 7) is 4.60. The van der Waals surface area contributed by atoms with Crippen LogP contribution in [-0.2, 0) is 10.0 Å². The molecule has 2 aromatic rings. The highest BCUT2D eigenvalue weighted by Gasteiger charge is 2.29. The van der Waals surface area contributed by atoms with E-state index in [9.17, 15) is 8.42 Å². The molecule has 0 unspecified atom stereocenters. The average Bonchev–Trinajstić information content (AvgIpc) is 3.01. The molecule has 0 saturated carbocycles. The summed E-state index contributed by atoms with van der Waals surface area (Å²) < 4.78 is 30.8. The van der Waals surface area contributed by atoms with Gasteiger partial charge in [0, 0.05) is 31.3 Å². The molecular formula is C15H20N4O3S. The third-order valence-corrected chi connectivity index (χ3v) is 6.12. The molecule has 3 heterocycles. The number of sulfonamides is 1. The van der Waals surface area contributed by atoms with E-state index in [1.54, 1.807) is 17.4 Å². The fourth-order valence-corrected chi connectivity index (χ4v) is 4.07. The molecule has 0 aromatic carbocycles. The van der Waals surface area contributed by atoms with Crippen molar-refractivity contribution >= 4 is 10.0 Å². The molecule has 23 heavy (non-hydrogen) atoms. The van der Waals surface area contributed by atoms with Gasteiger partial charge in [-0.05, 0) is 26.7 Å². The first-order valence-electron chi connectivity index (χ1n) is 7.72. The number of rotatable bonds is 4. The quantitative estimate of drug-likeness (QED) is 0.848. The Morgan fingerprint density at radius 3 is 2.70 bits per heavy atom. The van der Waals surface area contributed by atoms with E-state index >= 15 is 0 Å². The van der Waals surface area contributed by atoms with Gasteiger partial charge in [0.15, 0.2) is 5.76 Å². The first kappa shape index (κ1) is 16.1. The Hall–Kier alpha value is -1.80. The molecule has 8 heteroatoms. The van der Waals surface area contributed by atoms with E-state index in [0.717, 1.165) is 29.8 Å². The Morgan fingerprint density at radius 2 is 2.09 bits per heavy atom. The van der Waals surface area contributed by atoms with Crippen LogP contribution in [0.15, 0.2) is 23.1 Å². The van der Waals surface area contributed by atoms with Crippen LogP contribution >= 0.6 is 0 Å². The van der Waals surface area contributed by atoms with E-state index in [4.69, 9.17) is 4.52 Å². The highest BCUT2D eigenvalue weighted by molar-refractivity contribution is 7.89. The molecule has 1 aliphatic heterocycles. The van der Waals surface area contributed by atoms with Crippen LogP contribution in [0, 0.1) is 6.92 Å². The van der Waals surface area contributed by atoms with E-state index in [-0.39, 0.29) is 11.7 Å². The molecule has 2 aromatic heterocycles. The van der Waals surface area contributed by atoms with Crippen molar-refractivity contribution in [1.82, 2.24) is 19.4 Å². The van der Waals surface area contributed by atoms with Crippen molar-refractivity contribution in [3.05, 3.63) is 30.0 Å². The van der Waals surface area contributed by atoms with Gasteiger partial charge >= 0.3 is 0 Å². The van der Waals surface area contributed by atoms with Crippen LogP contribution in [0.5, 0.6) is 0 Å². The average molecular weight is 336 g/mol. The molecule has 0 bridgehead atoms. The number of piperidine rings is 1. The summed E-state index contributed by atoms with van der Waals surface area (Å²) in [5, 5.41) is 3.92. The van der Waals surface area contributed by atoms with E-state index in [0.29, 0.717) is 18.8 Å². The maximum absolute atomic E-state index is 12.0. The normalized spacial score (nSPS) is 17.5. The van der Waals surface area contributed by atoms with Crippen LogP contribution < -0.4 is 0 Å². The van der Waals surface area contributed by atoms with Gasteiger partial charge in [0.05, 0.1) is 22.7 Å². The molecule has 1 saturated heterocycles. The third-order valence-electron chi connectivity index (χ3n) is 4.24. The number of aryl methyl sites for hydroxylation is 1. The number of nitrogens with zero attached hydrogens (tertiary/aromatic N) is 4. The predicted molar refractivity (Wildman–Crippen MR) is 85.3 cm³/mol. The Kier molecular flexibility index (Phi) is 4.45. The van der Waals surface area contributed by atoms with Crippen LogP contribution in [0.3, 0.4) is 0 Å². The van der Waals surface area contributed by atoms with Gasteiger partial charge in [0.25, 0.3) is 0 Å². The summed E-state index contributed by atoms with van der Waals surface area (Å²) in [7, 11) is -3.11. The van der Waals surface area contributed by atoms with Gasteiger partial charge in [-0.3, -0.25) is 0 Å². The highest BCUT2D eigenvalue weighted by atomic mass is 32.2. The van der Waals surface area contributed by atoms with Gasteiger partial charge in [-0.2, -0.15) is 0 Å². The van der Waals surface area contributed by atoms with Crippen LogP contribution in [-0.4, -0.2) is 46.7 Å². The van der Waals surface area contributed by atoms with Gasteiger partial charge in [0.1, 0.15) is 6.33 Å². The lowest BCUT2D eigenvalue weighted by Crippen LogP contribution is -2.38. The lowest BCUT2D eigenvalue weighted by Gasteiger charge is -2.31. The van der Waals surface area contributed by atoms with Crippen molar-refractivity contribution in [1.29, 1.82) is 0 Å². The van der Waals surface area contributed by atoms with Crippen molar-refractivity contribution in [2.45, 2.75) is 32.6 Å². The lowest BCUT2D eigenvalue weighted by molar-refractivity contribution is 0.317. The SMILES string of the molecule is CCS(=O)(=O)N1CCC(c2ncncc2-c2cc(C)no2)CC1. The van der Waals surface area contributed by atoms with Crippen LogP contribution in [0.4, 0.5) is 0 Å². The Morgan fingerprint density at radius 1 is 1.35 bits per heavy atom. The summed E-state index contributed by atoms with van der Waals surface area (Å²) in [5.41, 5.74) is 2.55. The Balaban J connectivity index is 1.82. The first-order chi connectivity index (χ1) is 11.0. The van der Waals surface area contributed by atoms with E-state index in [2.05, 4.69) is 15.1 Å². The van der Waals surface area contributed by atoms with Crippen molar-refractivity contribution in [3.63, 3.8) is 0 Å². The second-order valence-corrected chi connectivity index (χ2v) is 7.99. The molecule has 0 aliphatic carbocycles. The minimum absolute atomic E-state index is 0.147. The van der Waals surface area contributed by atoms with Gasteiger partial charge in [-0.15, -0.1) is 0 Å². The molecule has 0 atom stereocenters. The second-order valence-electron chi connectivity index (χ2n) is 5.73. The van der Waals surface area contributed by atoms with Gasteiger partial charge in [-0.1, -0.05) is 5.16 Å². The summed E-state index contributed by atoms with van der Waals surface area (Å²) in [6.07, 6.45) is 4.75. The van der Waals surface area contributed by atoms with Crippen molar-refractivity contribution in [2.24, 2.45) is 0 Å². The summed E-state index contributed by atoms with van der Waals surface area (Å²) in [6, 6.07) is 1.86. The molecule has 1 fully saturated rings. The minimum Gasteiger partial charge on any atom is -0.356 e. The Bertz CT molecular complexity index is 780. The molecule has 0 radical (unpaired) electrons. The zero-order valence-corrected chi connectivity index (χ0v) is 14.1. The second kappa shape index (κ2) is 6.37. The molecule has 3 rings (SSSR count).